The number of carbonyl (C=O) groups is 4. The van der Waals surface area contributed by atoms with Crippen molar-refractivity contribution in [2.24, 2.45) is 5.92 Å². The van der Waals surface area contributed by atoms with Crippen LogP contribution in [0.1, 0.15) is 65.7 Å². The van der Waals surface area contributed by atoms with Crippen LogP contribution in [0.5, 0.6) is 5.75 Å². The molecular weight excluding hydrogens is 671 g/mol. The van der Waals surface area contributed by atoms with Crippen molar-refractivity contribution in [3.05, 3.63) is 67.2 Å². The molecule has 5 atom stereocenters. The molecule has 2 fully saturated rings. The molecule has 5 rings (SSSR count). The Hall–Kier alpha value is -4.78. The van der Waals surface area contributed by atoms with Crippen molar-refractivity contribution in [3.8, 4) is 17.1 Å². The molecule has 3 aromatic heterocycles. The average Bonchev–Trinajstić information content (AvgIpc) is 3.38. The van der Waals surface area contributed by atoms with Crippen LogP contribution in [0.2, 0.25) is 0 Å². The molecule has 0 unspecified atom stereocenters. The first-order chi connectivity index (χ1) is 24.4. The van der Waals surface area contributed by atoms with Crippen LogP contribution in [0, 0.1) is 5.92 Å². The molecule has 1 aliphatic carbocycles. The minimum atomic E-state index is -1.26. The summed E-state index contributed by atoms with van der Waals surface area (Å²) in [4.78, 5) is 65.1. The molecule has 13 heteroatoms. The van der Waals surface area contributed by atoms with Crippen molar-refractivity contribution >= 4 is 45.4 Å². The summed E-state index contributed by atoms with van der Waals surface area (Å²) in [6.45, 7) is 12.9. The fourth-order valence-electron chi connectivity index (χ4n) is 6.42. The highest BCUT2D eigenvalue weighted by atomic mass is 32.1. The zero-order chi connectivity index (χ0) is 36.8. The van der Waals surface area contributed by atoms with Crippen molar-refractivity contribution in [2.75, 3.05) is 13.7 Å². The largest absolute Gasteiger partial charge is 0.487 e. The van der Waals surface area contributed by atoms with Gasteiger partial charge in [0, 0.05) is 24.6 Å². The van der Waals surface area contributed by atoms with E-state index in [0.717, 1.165) is 29.5 Å². The van der Waals surface area contributed by atoms with Crippen molar-refractivity contribution < 1.29 is 33.4 Å². The maximum Gasteiger partial charge on any atom is 0.408 e. The molecule has 1 aliphatic heterocycles. The lowest BCUT2D eigenvalue weighted by molar-refractivity contribution is -0.148. The summed E-state index contributed by atoms with van der Waals surface area (Å²) in [5.74, 6) is -1.29. The van der Waals surface area contributed by atoms with E-state index in [1.54, 1.807) is 33.0 Å². The number of nitrogens with zero attached hydrogens (tertiary/aromatic N) is 3. The first-order valence-corrected chi connectivity index (χ1v) is 18.2. The number of thiophene rings is 1. The van der Waals surface area contributed by atoms with Gasteiger partial charge in [-0.2, -0.15) is 0 Å². The molecule has 4 heterocycles. The molecule has 3 aromatic rings. The van der Waals surface area contributed by atoms with Crippen LogP contribution in [0.25, 0.3) is 21.6 Å². The molecule has 0 bridgehead atoms. The number of nitrogens with one attached hydrogen (secondary N) is 2. The van der Waals surface area contributed by atoms with E-state index in [-0.39, 0.29) is 18.9 Å². The Kier molecular flexibility index (Phi) is 11.8. The van der Waals surface area contributed by atoms with E-state index in [0.29, 0.717) is 36.4 Å². The Morgan fingerprint density at radius 2 is 1.94 bits per heavy atom. The molecule has 0 radical (unpaired) electrons. The fourth-order valence-corrected chi connectivity index (χ4v) is 7.21. The first kappa shape index (κ1) is 37.5. The molecule has 0 spiro atoms. The average molecular weight is 718 g/mol. The van der Waals surface area contributed by atoms with Crippen LogP contribution in [-0.2, 0) is 23.9 Å². The van der Waals surface area contributed by atoms with Crippen LogP contribution in [0.15, 0.2) is 67.2 Å². The van der Waals surface area contributed by atoms with E-state index < -0.39 is 53.2 Å². The van der Waals surface area contributed by atoms with Crippen molar-refractivity contribution in [3.63, 3.8) is 0 Å². The maximum absolute atomic E-state index is 14.5. The molecule has 12 nitrogen and oxygen atoms in total. The fraction of sp³-hybridized carbons (Fsp3) is 0.474. The number of methoxy groups -OCH3 is 1. The van der Waals surface area contributed by atoms with Gasteiger partial charge in [0.25, 0.3) is 0 Å². The lowest BCUT2D eigenvalue weighted by atomic mass is 10.0. The van der Waals surface area contributed by atoms with E-state index in [4.69, 9.17) is 19.2 Å². The summed E-state index contributed by atoms with van der Waals surface area (Å²) in [6.07, 6.45) is 7.85. The van der Waals surface area contributed by atoms with Gasteiger partial charge in [-0.05, 0) is 70.0 Å². The van der Waals surface area contributed by atoms with E-state index in [9.17, 15) is 19.2 Å². The van der Waals surface area contributed by atoms with Crippen LogP contribution >= 0.6 is 11.3 Å². The second-order valence-electron chi connectivity index (χ2n) is 14.0. The van der Waals surface area contributed by atoms with Gasteiger partial charge >= 0.3 is 12.1 Å². The number of hydrogen-bond donors (Lipinski definition) is 2. The third-order valence-electron chi connectivity index (χ3n) is 9.03. The monoisotopic (exact) mass is 717 g/mol. The van der Waals surface area contributed by atoms with Gasteiger partial charge in [0.05, 0.1) is 35.3 Å². The van der Waals surface area contributed by atoms with Crippen molar-refractivity contribution in [1.82, 2.24) is 25.5 Å². The number of carbonyl (C=O) groups excluding carboxylic acids is 4. The number of ether oxygens (including phenoxy) is 3. The topological polar surface area (TPSA) is 149 Å². The normalized spacial score (nSPS) is 21.7. The molecule has 3 amide bonds. The van der Waals surface area contributed by atoms with Crippen molar-refractivity contribution in [2.45, 2.75) is 95.0 Å². The Bertz CT molecular complexity index is 1760. The summed E-state index contributed by atoms with van der Waals surface area (Å²) in [5, 5.41) is 7.59. The molecule has 272 valence electrons. The summed E-state index contributed by atoms with van der Waals surface area (Å²) in [6, 6.07) is 7.33. The van der Waals surface area contributed by atoms with Crippen LogP contribution < -0.4 is 15.4 Å². The molecular formula is C38H47N5O7S. The molecule has 1 saturated heterocycles. The molecule has 51 heavy (non-hydrogen) atoms. The number of pyridine rings is 2. The van der Waals surface area contributed by atoms with Crippen LogP contribution in [-0.4, -0.2) is 81.7 Å². The number of likely N-dealkylation sites (tertiary alicyclic amines) is 1. The Balaban J connectivity index is 1.44. The van der Waals surface area contributed by atoms with Crippen LogP contribution in [0.3, 0.4) is 0 Å². The second kappa shape index (κ2) is 16.1. The number of aromatic nitrogens is 2. The predicted molar refractivity (Wildman–Crippen MR) is 195 cm³/mol. The van der Waals surface area contributed by atoms with Gasteiger partial charge in [0.15, 0.2) is 0 Å². The predicted octanol–water partition coefficient (Wildman–Crippen LogP) is 5.97. The minimum Gasteiger partial charge on any atom is -0.487 e. The maximum atomic E-state index is 14.5. The second-order valence-corrected chi connectivity index (χ2v) is 14.9. The van der Waals surface area contributed by atoms with Gasteiger partial charge in [-0.3, -0.25) is 14.6 Å². The van der Waals surface area contributed by atoms with Gasteiger partial charge < -0.3 is 29.7 Å². The molecule has 1 saturated carbocycles. The number of unbranched alkanes of at least 4 members (excludes halogenated alkanes) is 3. The standard InChI is InChI=1S/C38H47N5O7S/c1-7-9-10-11-12-16-28(41-36(47)50-37(3,4)5)34(45)43-23-25(20-30(43)33(44)42-38(35(46)48-6)22-24(38)8-2)49-31-21-29(26-15-13-14-18-39-26)40-27-17-19-51-32(27)31/h7-8,13-15,17-19,21,24-25,28,30H,1-2,9-12,16,20,22-23H2,3-6H3,(H,41,47)(H,42,44)/t24-,25-,28+,30+,38-/m1/s1. The van der Waals surface area contributed by atoms with E-state index in [2.05, 4.69) is 28.8 Å². The lowest BCUT2D eigenvalue weighted by Gasteiger charge is -2.30. The number of amides is 3. The van der Waals surface area contributed by atoms with Crippen molar-refractivity contribution in [1.29, 1.82) is 0 Å². The van der Waals surface area contributed by atoms with E-state index in [1.165, 1.54) is 23.3 Å². The van der Waals surface area contributed by atoms with Gasteiger partial charge in [-0.15, -0.1) is 24.5 Å². The summed E-state index contributed by atoms with van der Waals surface area (Å²) >= 11 is 1.47. The van der Waals surface area contributed by atoms with Gasteiger partial charge in [0.1, 0.15) is 35.1 Å². The highest BCUT2D eigenvalue weighted by Crippen LogP contribution is 2.45. The Labute approximate surface area is 302 Å². The van der Waals surface area contributed by atoms with Gasteiger partial charge in [-0.25, -0.2) is 14.6 Å². The van der Waals surface area contributed by atoms with E-state index >= 15 is 0 Å². The number of allylic oxidation sites excluding steroid dienone is 1. The number of esters is 1. The first-order valence-electron chi connectivity index (χ1n) is 17.3. The Morgan fingerprint density at radius 1 is 1.14 bits per heavy atom. The third kappa shape index (κ3) is 8.94. The zero-order valence-electron chi connectivity index (χ0n) is 29.7. The number of hydrogen-bond acceptors (Lipinski definition) is 10. The summed E-state index contributed by atoms with van der Waals surface area (Å²) in [5.41, 5.74) is -0.00252. The number of alkyl carbamates (subject to hydrolysis) is 1. The lowest BCUT2D eigenvalue weighted by Crippen LogP contribution is -2.56. The Morgan fingerprint density at radius 3 is 2.61 bits per heavy atom. The quantitative estimate of drug-likeness (QED) is 0.110. The smallest absolute Gasteiger partial charge is 0.408 e. The van der Waals surface area contributed by atoms with Gasteiger partial charge in [-0.1, -0.05) is 31.1 Å². The number of rotatable bonds is 15. The molecule has 2 N–H and O–H groups in total. The minimum absolute atomic E-state index is 0.0596. The van der Waals surface area contributed by atoms with Gasteiger partial charge in [0.2, 0.25) is 11.8 Å². The zero-order valence-corrected chi connectivity index (χ0v) is 30.5. The highest BCUT2D eigenvalue weighted by molar-refractivity contribution is 7.17. The summed E-state index contributed by atoms with van der Waals surface area (Å²) in [7, 11) is 1.27. The third-order valence-corrected chi connectivity index (χ3v) is 9.95. The van der Waals surface area contributed by atoms with Crippen LogP contribution in [0.4, 0.5) is 4.79 Å². The number of fused-ring (bicyclic) bond motifs is 1. The van der Waals surface area contributed by atoms with E-state index in [1.807, 2.05) is 41.8 Å². The SMILES string of the molecule is C=CCCCCC[C@H](NC(=O)OC(C)(C)C)C(=O)N1C[C@H](Oc2cc(-c3ccccn3)nc3ccsc23)C[C@H]1C(=O)N[C@]1(C(=O)OC)C[C@H]1C=C. The highest BCUT2D eigenvalue weighted by Gasteiger charge is 2.62. The molecule has 0 aromatic carbocycles. The molecule has 2 aliphatic rings. The summed E-state index contributed by atoms with van der Waals surface area (Å²) < 4.78 is 18.0.